The number of nitrogens with zero attached hydrogens (tertiary/aromatic N) is 1. The molecule has 2 aromatic carbocycles. The quantitative estimate of drug-likeness (QED) is 0.373. The van der Waals surface area contributed by atoms with Crippen LogP contribution in [0.1, 0.15) is 34.3 Å². The lowest BCUT2D eigenvalue weighted by atomic mass is 9.77. The molecule has 10 nitrogen and oxygen atoms in total. The zero-order valence-corrected chi connectivity index (χ0v) is 21.3. The number of methoxy groups -OCH3 is 1. The largest absolute Gasteiger partial charge is 0.493 e. The van der Waals surface area contributed by atoms with Crippen LogP contribution in [0.5, 0.6) is 11.5 Å². The molecule has 0 saturated carbocycles. The fraction of sp³-hybridized carbons (Fsp3) is 0.393. The highest BCUT2D eigenvalue weighted by Gasteiger charge is 2.51. The summed E-state index contributed by atoms with van der Waals surface area (Å²) in [7, 11) is 1.44. The van der Waals surface area contributed by atoms with Crippen molar-refractivity contribution in [3.63, 3.8) is 0 Å². The molecule has 2 aliphatic rings. The minimum absolute atomic E-state index is 0.0171. The highest BCUT2D eigenvalue weighted by molar-refractivity contribution is 5.96. The third-order valence-electron chi connectivity index (χ3n) is 6.72. The second-order valence-corrected chi connectivity index (χ2v) is 9.05. The van der Waals surface area contributed by atoms with Crippen LogP contribution >= 0.6 is 0 Å². The van der Waals surface area contributed by atoms with Gasteiger partial charge in [0.15, 0.2) is 11.5 Å². The molecule has 10 heteroatoms. The standard InChI is InChI=1S/C28H32N2O8/c1-3-37-16-23(33)30(14-17-7-5-4-6-8-17)21-13-20(28(35)29-9-10-31)24-19-11-18(15-32)12-22(36-2)26(19)38-27(24)25(21)34/h4-8,11-13,15,21,24-25,27,31,34H,3,9-10,14,16H2,1-2H3,(H,29,35). The van der Waals surface area contributed by atoms with Gasteiger partial charge in [-0.1, -0.05) is 30.3 Å². The first kappa shape index (κ1) is 27.3. The maximum absolute atomic E-state index is 13.3. The van der Waals surface area contributed by atoms with Gasteiger partial charge in [-0.05, 0) is 30.7 Å². The average molecular weight is 525 g/mol. The Kier molecular flexibility index (Phi) is 8.77. The van der Waals surface area contributed by atoms with Gasteiger partial charge in [0.05, 0.1) is 25.7 Å². The molecule has 202 valence electrons. The van der Waals surface area contributed by atoms with Crippen molar-refractivity contribution in [2.75, 3.05) is 33.5 Å². The van der Waals surface area contributed by atoms with E-state index in [0.29, 0.717) is 35.5 Å². The molecule has 4 rings (SSSR count). The van der Waals surface area contributed by atoms with Crippen LogP contribution in [0.25, 0.3) is 0 Å². The summed E-state index contributed by atoms with van der Waals surface area (Å²) >= 11 is 0. The van der Waals surface area contributed by atoms with Crippen LogP contribution in [0.15, 0.2) is 54.1 Å². The molecule has 0 radical (unpaired) electrons. The monoisotopic (exact) mass is 524 g/mol. The lowest BCUT2D eigenvalue weighted by Gasteiger charge is -2.40. The maximum Gasteiger partial charge on any atom is 0.249 e. The molecule has 1 aliphatic heterocycles. The van der Waals surface area contributed by atoms with Crippen LogP contribution in [0, 0.1) is 0 Å². The first-order valence-electron chi connectivity index (χ1n) is 12.5. The molecule has 2 aromatic rings. The van der Waals surface area contributed by atoms with Crippen molar-refractivity contribution < 1.29 is 38.8 Å². The molecule has 0 bridgehead atoms. The Labute approximate surface area is 220 Å². The number of ether oxygens (including phenoxy) is 3. The number of benzene rings is 2. The van der Waals surface area contributed by atoms with E-state index in [1.807, 2.05) is 30.3 Å². The Hall–Kier alpha value is -3.73. The third-order valence-corrected chi connectivity index (χ3v) is 6.72. The van der Waals surface area contributed by atoms with E-state index in [0.717, 1.165) is 5.56 Å². The van der Waals surface area contributed by atoms with Crippen LogP contribution in [0.4, 0.5) is 0 Å². The number of rotatable bonds is 11. The van der Waals surface area contributed by atoms with Gasteiger partial charge in [-0.25, -0.2) is 0 Å². The SMILES string of the molecule is CCOCC(=O)N(Cc1ccccc1)C1C=C(C(=O)NCCO)C2c3cc(C=O)cc(OC)c3OC2C1O. The molecular weight excluding hydrogens is 492 g/mol. The predicted molar refractivity (Wildman–Crippen MR) is 137 cm³/mol. The van der Waals surface area contributed by atoms with Crippen molar-refractivity contribution in [1.82, 2.24) is 10.2 Å². The molecule has 3 N–H and O–H groups in total. The molecule has 38 heavy (non-hydrogen) atoms. The van der Waals surface area contributed by atoms with E-state index >= 15 is 0 Å². The summed E-state index contributed by atoms with van der Waals surface area (Å²) in [6.07, 6.45) is 0.0786. The number of fused-ring (bicyclic) bond motifs is 3. The lowest BCUT2D eigenvalue weighted by Crippen LogP contribution is -2.56. The van der Waals surface area contributed by atoms with Crippen molar-refractivity contribution >= 4 is 18.1 Å². The molecule has 0 fully saturated rings. The summed E-state index contributed by atoms with van der Waals surface area (Å²) in [5, 5.41) is 23.6. The fourth-order valence-corrected chi connectivity index (χ4v) is 4.97. The van der Waals surface area contributed by atoms with Crippen LogP contribution in [0.2, 0.25) is 0 Å². The van der Waals surface area contributed by atoms with E-state index in [9.17, 15) is 24.6 Å². The maximum atomic E-state index is 13.3. The van der Waals surface area contributed by atoms with E-state index in [4.69, 9.17) is 14.2 Å². The predicted octanol–water partition coefficient (Wildman–Crippen LogP) is 1.20. The first-order valence-corrected chi connectivity index (χ1v) is 12.5. The molecule has 0 spiro atoms. The van der Waals surface area contributed by atoms with Gasteiger partial charge in [0.2, 0.25) is 11.8 Å². The number of aliphatic hydroxyl groups excluding tert-OH is 2. The van der Waals surface area contributed by atoms with Crippen LogP contribution in [0.3, 0.4) is 0 Å². The van der Waals surface area contributed by atoms with E-state index < -0.39 is 30.1 Å². The Morgan fingerprint density at radius 1 is 1.21 bits per heavy atom. The number of nitrogens with one attached hydrogen (secondary N) is 1. The van der Waals surface area contributed by atoms with Gasteiger partial charge in [0, 0.05) is 36.4 Å². The van der Waals surface area contributed by atoms with Gasteiger partial charge in [0.25, 0.3) is 0 Å². The van der Waals surface area contributed by atoms with Crippen molar-refractivity contribution in [1.29, 1.82) is 0 Å². The zero-order valence-electron chi connectivity index (χ0n) is 21.3. The first-order chi connectivity index (χ1) is 18.4. The van der Waals surface area contributed by atoms with Gasteiger partial charge in [0.1, 0.15) is 25.1 Å². The van der Waals surface area contributed by atoms with Crippen molar-refractivity contribution in [3.8, 4) is 11.5 Å². The average Bonchev–Trinajstić information content (AvgIpc) is 3.34. The Bertz CT molecular complexity index is 1200. The number of carbonyl (C=O) groups is 3. The van der Waals surface area contributed by atoms with Crippen molar-refractivity contribution in [2.45, 2.75) is 37.6 Å². The van der Waals surface area contributed by atoms with E-state index in [-0.39, 0.29) is 37.8 Å². The van der Waals surface area contributed by atoms with Gasteiger partial charge < -0.3 is 34.6 Å². The number of hydrogen-bond donors (Lipinski definition) is 3. The Morgan fingerprint density at radius 2 is 1.97 bits per heavy atom. The molecule has 2 amide bonds. The van der Waals surface area contributed by atoms with Crippen LogP contribution in [-0.4, -0.2) is 84.9 Å². The highest BCUT2D eigenvalue weighted by Crippen LogP contribution is 2.51. The second-order valence-electron chi connectivity index (χ2n) is 9.05. The van der Waals surface area contributed by atoms with Gasteiger partial charge in [-0.15, -0.1) is 0 Å². The Morgan fingerprint density at radius 3 is 2.63 bits per heavy atom. The highest BCUT2D eigenvalue weighted by atomic mass is 16.5. The summed E-state index contributed by atoms with van der Waals surface area (Å²) in [6.45, 7) is 1.84. The van der Waals surface area contributed by atoms with E-state index in [2.05, 4.69) is 5.32 Å². The number of hydrogen-bond acceptors (Lipinski definition) is 8. The summed E-state index contributed by atoms with van der Waals surface area (Å²) in [5.74, 6) is -0.949. The van der Waals surface area contributed by atoms with Crippen LogP contribution < -0.4 is 14.8 Å². The molecule has 0 aromatic heterocycles. The smallest absolute Gasteiger partial charge is 0.249 e. The molecule has 1 heterocycles. The number of aldehydes is 1. The zero-order chi connectivity index (χ0) is 27.2. The molecule has 4 atom stereocenters. The summed E-state index contributed by atoms with van der Waals surface area (Å²) in [6, 6.07) is 11.5. The van der Waals surface area contributed by atoms with Crippen LogP contribution in [-0.2, 0) is 20.9 Å². The van der Waals surface area contributed by atoms with Gasteiger partial charge in [-0.2, -0.15) is 0 Å². The fourth-order valence-electron chi connectivity index (χ4n) is 4.97. The summed E-state index contributed by atoms with van der Waals surface area (Å²) in [5.41, 5.74) is 1.94. The number of carbonyl (C=O) groups excluding carboxylic acids is 3. The lowest BCUT2D eigenvalue weighted by molar-refractivity contribution is -0.142. The van der Waals surface area contributed by atoms with Gasteiger partial charge >= 0.3 is 0 Å². The molecule has 4 unspecified atom stereocenters. The third kappa shape index (κ3) is 5.42. The van der Waals surface area contributed by atoms with Gasteiger partial charge in [-0.3, -0.25) is 14.4 Å². The minimum atomic E-state index is -1.22. The topological polar surface area (TPSA) is 135 Å². The van der Waals surface area contributed by atoms with E-state index in [1.165, 1.54) is 18.1 Å². The molecule has 1 aliphatic carbocycles. The summed E-state index contributed by atoms with van der Waals surface area (Å²) < 4.78 is 17.0. The molecular formula is C28H32N2O8. The number of aliphatic hydroxyl groups is 2. The van der Waals surface area contributed by atoms with Crippen molar-refractivity contribution in [3.05, 3.63) is 70.8 Å². The Balaban J connectivity index is 1.81. The van der Waals surface area contributed by atoms with Crippen molar-refractivity contribution in [2.24, 2.45) is 0 Å². The number of amides is 2. The normalized spacial score (nSPS) is 21.4. The molecule has 0 saturated heterocycles. The summed E-state index contributed by atoms with van der Waals surface area (Å²) in [4.78, 5) is 39.7. The minimum Gasteiger partial charge on any atom is -0.493 e. The van der Waals surface area contributed by atoms with E-state index in [1.54, 1.807) is 19.1 Å². The second kappa shape index (κ2) is 12.2.